The minimum Gasteiger partial charge on any atom is -0.391 e. The van der Waals surface area contributed by atoms with Crippen LogP contribution < -0.4 is 5.32 Å². The zero-order chi connectivity index (χ0) is 13.2. The Kier molecular flexibility index (Phi) is 3.56. The average molecular weight is 259 g/mol. The number of hydrogen-bond acceptors (Lipinski definition) is 2. The van der Waals surface area contributed by atoms with E-state index in [1.807, 2.05) is 12.1 Å². The van der Waals surface area contributed by atoms with Gasteiger partial charge in [0.15, 0.2) is 0 Å². The van der Waals surface area contributed by atoms with Gasteiger partial charge in [-0.1, -0.05) is 37.1 Å². The van der Waals surface area contributed by atoms with Crippen molar-refractivity contribution < 1.29 is 9.90 Å². The second-order valence-corrected chi connectivity index (χ2v) is 5.84. The molecule has 0 aliphatic heterocycles. The molecule has 1 aromatic rings. The maximum Gasteiger partial charge on any atom is 0.224 e. The number of fused-ring (bicyclic) bond motifs is 1. The molecule has 0 spiro atoms. The molecule has 3 heteroatoms. The first kappa shape index (κ1) is 12.7. The van der Waals surface area contributed by atoms with Crippen LogP contribution in [-0.4, -0.2) is 23.2 Å². The number of carbonyl (C=O) groups excluding carboxylic acids is 1. The van der Waals surface area contributed by atoms with Crippen molar-refractivity contribution in [3.8, 4) is 0 Å². The van der Waals surface area contributed by atoms with Crippen LogP contribution in [0.1, 0.15) is 36.8 Å². The molecule has 2 atom stereocenters. The Labute approximate surface area is 114 Å². The van der Waals surface area contributed by atoms with Gasteiger partial charge in [0.1, 0.15) is 0 Å². The quantitative estimate of drug-likeness (QED) is 0.851. The third kappa shape index (κ3) is 2.66. The third-order valence-electron chi connectivity index (χ3n) is 4.48. The second-order valence-electron chi connectivity index (χ2n) is 5.84. The summed E-state index contributed by atoms with van der Waals surface area (Å²) in [5.41, 5.74) is 2.60. The van der Waals surface area contributed by atoms with E-state index < -0.39 is 0 Å². The first-order chi connectivity index (χ1) is 9.24. The molecular formula is C16H21NO2. The molecule has 19 heavy (non-hydrogen) atoms. The Bertz CT molecular complexity index is 447. The molecular weight excluding hydrogens is 238 g/mol. The van der Waals surface area contributed by atoms with Gasteiger partial charge in [0.05, 0.1) is 12.1 Å². The van der Waals surface area contributed by atoms with E-state index in [0.29, 0.717) is 0 Å². The number of rotatable bonds is 2. The molecule has 0 bridgehead atoms. The Morgan fingerprint density at radius 3 is 2.37 bits per heavy atom. The molecule has 102 valence electrons. The summed E-state index contributed by atoms with van der Waals surface area (Å²) in [7, 11) is 0. The molecule has 3 rings (SSSR count). The van der Waals surface area contributed by atoms with Crippen LogP contribution in [0.3, 0.4) is 0 Å². The number of amides is 1. The van der Waals surface area contributed by atoms with E-state index in [2.05, 4.69) is 17.4 Å². The number of aliphatic hydroxyl groups is 1. The highest BCUT2D eigenvalue weighted by Gasteiger charge is 2.31. The van der Waals surface area contributed by atoms with E-state index in [0.717, 1.165) is 38.5 Å². The predicted octanol–water partition coefficient (Wildman–Crippen LogP) is 1.82. The normalized spacial score (nSPS) is 27.0. The fraction of sp³-hybridized carbons (Fsp3) is 0.562. The van der Waals surface area contributed by atoms with Crippen LogP contribution in [0.4, 0.5) is 0 Å². The molecule has 0 heterocycles. The molecule has 1 amide bonds. The Morgan fingerprint density at radius 2 is 1.74 bits per heavy atom. The van der Waals surface area contributed by atoms with Crippen molar-refractivity contribution in [1.82, 2.24) is 5.32 Å². The molecule has 2 N–H and O–H groups in total. The van der Waals surface area contributed by atoms with Gasteiger partial charge in [0.2, 0.25) is 5.91 Å². The van der Waals surface area contributed by atoms with Gasteiger partial charge in [0, 0.05) is 5.92 Å². The topological polar surface area (TPSA) is 49.3 Å². The summed E-state index contributed by atoms with van der Waals surface area (Å²) in [5.74, 6) is 0.161. The van der Waals surface area contributed by atoms with E-state index in [1.54, 1.807) is 0 Å². The highest BCUT2D eigenvalue weighted by molar-refractivity contribution is 5.80. The summed E-state index contributed by atoms with van der Waals surface area (Å²) in [4.78, 5) is 12.3. The van der Waals surface area contributed by atoms with Gasteiger partial charge in [-0.2, -0.15) is 0 Å². The number of nitrogens with one attached hydrogen (secondary N) is 1. The summed E-state index contributed by atoms with van der Waals surface area (Å²) in [6.45, 7) is 0. The largest absolute Gasteiger partial charge is 0.391 e. The van der Waals surface area contributed by atoms with Crippen LogP contribution in [0.2, 0.25) is 0 Å². The lowest BCUT2D eigenvalue weighted by atomic mass is 9.92. The van der Waals surface area contributed by atoms with Crippen molar-refractivity contribution in [2.75, 3.05) is 0 Å². The Morgan fingerprint density at radius 1 is 1.11 bits per heavy atom. The maximum atomic E-state index is 12.3. The molecule has 3 nitrogen and oxygen atoms in total. The molecule has 2 aliphatic rings. The Balaban J connectivity index is 1.60. The van der Waals surface area contributed by atoms with Crippen LogP contribution in [0.25, 0.3) is 0 Å². The van der Waals surface area contributed by atoms with Crippen LogP contribution in [0, 0.1) is 5.92 Å². The lowest BCUT2D eigenvalue weighted by molar-refractivity contribution is -0.126. The number of aliphatic hydroxyl groups excluding tert-OH is 1. The highest BCUT2D eigenvalue weighted by atomic mass is 16.3. The maximum absolute atomic E-state index is 12.3. The van der Waals surface area contributed by atoms with Gasteiger partial charge in [-0.3, -0.25) is 4.79 Å². The minimum atomic E-state index is -0.360. The molecule has 1 fully saturated rings. The van der Waals surface area contributed by atoms with Gasteiger partial charge in [-0.05, 0) is 36.8 Å². The van der Waals surface area contributed by atoms with Gasteiger partial charge in [0.25, 0.3) is 0 Å². The predicted molar refractivity (Wildman–Crippen MR) is 73.7 cm³/mol. The first-order valence-electron chi connectivity index (χ1n) is 7.29. The van der Waals surface area contributed by atoms with E-state index in [-0.39, 0.29) is 24.0 Å². The number of hydrogen-bond donors (Lipinski definition) is 2. The molecule has 0 radical (unpaired) electrons. The zero-order valence-corrected chi connectivity index (χ0v) is 11.1. The van der Waals surface area contributed by atoms with Crippen molar-refractivity contribution >= 4 is 5.91 Å². The van der Waals surface area contributed by atoms with Gasteiger partial charge in [-0.15, -0.1) is 0 Å². The SMILES string of the molecule is O=C(NC1CCCCC1O)C1Cc2ccccc2C1. The highest BCUT2D eigenvalue weighted by Crippen LogP contribution is 2.27. The molecule has 0 aromatic heterocycles. The molecule has 1 saturated carbocycles. The van der Waals surface area contributed by atoms with E-state index in [9.17, 15) is 9.90 Å². The standard InChI is InChI=1S/C16H21NO2/c18-15-8-4-3-7-14(15)17-16(19)13-9-11-5-1-2-6-12(11)10-13/h1-2,5-6,13-15,18H,3-4,7-10H2,(H,17,19). The first-order valence-corrected chi connectivity index (χ1v) is 7.29. The average Bonchev–Trinajstić information content (AvgIpc) is 2.85. The fourth-order valence-corrected chi connectivity index (χ4v) is 3.32. The molecule has 2 aliphatic carbocycles. The van der Waals surface area contributed by atoms with Crippen molar-refractivity contribution in [2.24, 2.45) is 5.92 Å². The molecule has 1 aromatic carbocycles. The summed E-state index contributed by atoms with van der Waals surface area (Å²) in [6.07, 6.45) is 5.22. The fourth-order valence-electron chi connectivity index (χ4n) is 3.32. The lowest BCUT2D eigenvalue weighted by Gasteiger charge is -2.29. The van der Waals surface area contributed by atoms with Crippen LogP contribution >= 0.6 is 0 Å². The number of benzene rings is 1. The smallest absolute Gasteiger partial charge is 0.224 e. The molecule has 0 saturated heterocycles. The van der Waals surface area contributed by atoms with Gasteiger partial charge < -0.3 is 10.4 Å². The second kappa shape index (κ2) is 5.33. The van der Waals surface area contributed by atoms with Crippen LogP contribution in [0.5, 0.6) is 0 Å². The van der Waals surface area contributed by atoms with Gasteiger partial charge in [-0.25, -0.2) is 0 Å². The van der Waals surface area contributed by atoms with Crippen molar-refractivity contribution in [2.45, 2.75) is 50.7 Å². The summed E-state index contributed by atoms with van der Waals surface area (Å²) in [5, 5.41) is 13.0. The zero-order valence-electron chi connectivity index (χ0n) is 11.1. The summed E-state index contributed by atoms with van der Waals surface area (Å²) in [6, 6.07) is 8.24. The van der Waals surface area contributed by atoms with E-state index in [1.165, 1.54) is 11.1 Å². The molecule has 2 unspecified atom stereocenters. The van der Waals surface area contributed by atoms with Crippen molar-refractivity contribution in [3.05, 3.63) is 35.4 Å². The van der Waals surface area contributed by atoms with Gasteiger partial charge >= 0.3 is 0 Å². The van der Waals surface area contributed by atoms with E-state index in [4.69, 9.17) is 0 Å². The van der Waals surface area contributed by atoms with Crippen LogP contribution in [0.15, 0.2) is 24.3 Å². The third-order valence-corrected chi connectivity index (χ3v) is 4.48. The van der Waals surface area contributed by atoms with Crippen molar-refractivity contribution in [1.29, 1.82) is 0 Å². The number of carbonyl (C=O) groups is 1. The summed E-state index contributed by atoms with van der Waals surface area (Å²) >= 11 is 0. The Hall–Kier alpha value is -1.35. The summed E-state index contributed by atoms with van der Waals surface area (Å²) < 4.78 is 0. The van der Waals surface area contributed by atoms with E-state index >= 15 is 0 Å². The lowest BCUT2D eigenvalue weighted by Crippen LogP contribution is -2.47. The minimum absolute atomic E-state index is 0.0371. The van der Waals surface area contributed by atoms with Crippen molar-refractivity contribution in [3.63, 3.8) is 0 Å². The monoisotopic (exact) mass is 259 g/mol. The van der Waals surface area contributed by atoms with Crippen LogP contribution in [-0.2, 0) is 17.6 Å².